The summed E-state index contributed by atoms with van der Waals surface area (Å²) in [6, 6.07) is 14.5. The van der Waals surface area contributed by atoms with Crippen molar-refractivity contribution in [1.82, 2.24) is 0 Å². The number of amides is 1. The van der Waals surface area contributed by atoms with Gasteiger partial charge >= 0.3 is 0 Å². The molecule has 2 aromatic carbocycles. The SMILES string of the molecule is COc1cc(C)c(/C=C(/C#N)C(=O)Nc2ccccc2)cc1OC. The van der Waals surface area contributed by atoms with Crippen LogP contribution in [0, 0.1) is 18.3 Å². The van der Waals surface area contributed by atoms with Gasteiger partial charge in [0.15, 0.2) is 11.5 Å². The molecule has 2 aromatic rings. The molecule has 0 atom stereocenters. The molecule has 122 valence electrons. The van der Waals surface area contributed by atoms with Crippen molar-refractivity contribution in [2.75, 3.05) is 19.5 Å². The number of ether oxygens (including phenoxy) is 2. The van der Waals surface area contributed by atoms with Gasteiger partial charge in [-0.05, 0) is 48.4 Å². The molecule has 0 aliphatic rings. The number of nitriles is 1. The predicted octanol–water partition coefficient (Wildman–Crippen LogP) is 3.56. The number of nitrogens with one attached hydrogen (secondary N) is 1. The maximum absolute atomic E-state index is 12.3. The Labute approximate surface area is 141 Å². The number of nitrogens with zero attached hydrogens (tertiary/aromatic N) is 1. The number of methoxy groups -OCH3 is 2. The fourth-order valence-corrected chi connectivity index (χ4v) is 2.18. The number of rotatable bonds is 5. The lowest BCUT2D eigenvalue weighted by Gasteiger charge is -2.11. The van der Waals surface area contributed by atoms with Gasteiger partial charge in [0.25, 0.3) is 5.91 Å². The molecule has 2 rings (SSSR count). The predicted molar refractivity (Wildman–Crippen MR) is 92.9 cm³/mol. The fraction of sp³-hybridized carbons (Fsp3) is 0.158. The number of benzene rings is 2. The molecule has 0 radical (unpaired) electrons. The number of anilines is 1. The van der Waals surface area contributed by atoms with Crippen LogP contribution in [0.2, 0.25) is 0 Å². The Morgan fingerprint density at radius 2 is 1.75 bits per heavy atom. The molecule has 0 fully saturated rings. The average molecular weight is 322 g/mol. The van der Waals surface area contributed by atoms with E-state index in [1.165, 1.54) is 13.2 Å². The van der Waals surface area contributed by atoms with Crippen LogP contribution in [-0.2, 0) is 4.79 Å². The summed E-state index contributed by atoms with van der Waals surface area (Å²) in [4.78, 5) is 12.3. The topological polar surface area (TPSA) is 71.3 Å². The maximum atomic E-state index is 12.3. The Morgan fingerprint density at radius 3 is 2.33 bits per heavy atom. The van der Waals surface area contributed by atoms with Crippen LogP contribution >= 0.6 is 0 Å². The van der Waals surface area contributed by atoms with Crippen LogP contribution < -0.4 is 14.8 Å². The van der Waals surface area contributed by atoms with Crippen LogP contribution in [0.15, 0.2) is 48.0 Å². The summed E-state index contributed by atoms with van der Waals surface area (Å²) in [6.45, 7) is 1.87. The first-order chi connectivity index (χ1) is 11.6. The van der Waals surface area contributed by atoms with E-state index in [0.717, 1.165) is 5.56 Å². The zero-order chi connectivity index (χ0) is 17.5. The Kier molecular flexibility index (Phi) is 5.58. The number of hydrogen-bond donors (Lipinski definition) is 1. The highest BCUT2D eigenvalue weighted by molar-refractivity contribution is 6.09. The van der Waals surface area contributed by atoms with Gasteiger partial charge in [-0.2, -0.15) is 5.26 Å². The molecule has 0 aliphatic carbocycles. The summed E-state index contributed by atoms with van der Waals surface area (Å²) in [5.74, 6) is 0.674. The molecule has 24 heavy (non-hydrogen) atoms. The van der Waals surface area contributed by atoms with E-state index < -0.39 is 5.91 Å². The summed E-state index contributed by atoms with van der Waals surface area (Å²) < 4.78 is 10.5. The largest absolute Gasteiger partial charge is 0.493 e. The van der Waals surface area contributed by atoms with Crippen LogP contribution in [0.1, 0.15) is 11.1 Å². The molecule has 1 amide bonds. The molecular weight excluding hydrogens is 304 g/mol. The van der Waals surface area contributed by atoms with E-state index in [-0.39, 0.29) is 5.57 Å². The standard InChI is InChI=1S/C19H18N2O3/c1-13-9-17(23-2)18(24-3)11-14(13)10-15(12-20)19(22)21-16-7-5-4-6-8-16/h4-11H,1-3H3,(H,21,22)/b15-10-. The molecule has 0 aliphatic heterocycles. The first kappa shape index (κ1) is 17.1. The van der Waals surface area contributed by atoms with Crippen molar-refractivity contribution in [3.63, 3.8) is 0 Å². The number of carbonyl (C=O) groups is 1. The molecule has 0 unspecified atom stereocenters. The zero-order valence-corrected chi connectivity index (χ0v) is 13.8. The van der Waals surface area contributed by atoms with Crippen LogP contribution in [0.5, 0.6) is 11.5 Å². The molecule has 0 saturated heterocycles. The third-order valence-corrected chi connectivity index (χ3v) is 3.47. The maximum Gasteiger partial charge on any atom is 0.266 e. The molecule has 0 aromatic heterocycles. The second kappa shape index (κ2) is 7.84. The highest BCUT2D eigenvalue weighted by Gasteiger charge is 2.12. The van der Waals surface area contributed by atoms with Crippen molar-refractivity contribution < 1.29 is 14.3 Å². The minimum atomic E-state index is -0.460. The van der Waals surface area contributed by atoms with Gasteiger partial charge in [0, 0.05) is 5.69 Å². The van der Waals surface area contributed by atoms with Crippen molar-refractivity contribution in [2.45, 2.75) is 6.92 Å². The Balaban J connectivity index is 2.33. The zero-order valence-electron chi connectivity index (χ0n) is 13.8. The molecule has 0 bridgehead atoms. The van der Waals surface area contributed by atoms with Crippen LogP contribution in [0.3, 0.4) is 0 Å². The third kappa shape index (κ3) is 3.93. The lowest BCUT2D eigenvalue weighted by atomic mass is 10.0. The number of para-hydroxylation sites is 1. The second-order valence-electron chi connectivity index (χ2n) is 5.05. The van der Waals surface area contributed by atoms with Crippen LogP contribution in [0.4, 0.5) is 5.69 Å². The van der Waals surface area contributed by atoms with E-state index in [1.54, 1.807) is 31.4 Å². The first-order valence-corrected chi connectivity index (χ1v) is 7.30. The van der Waals surface area contributed by atoms with E-state index in [4.69, 9.17) is 9.47 Å². The lowest BCUT2D eigenvalue weighted by molar-refractivity contribution is -0.112. The van der Waals surface area contributed by atoms with Gasteiger partial charge < -0.3 is 14.8 Å². The van der Waals surface area contributed by atoms with Crippen LogP contribution in [0.25, 0.3) is 6.08 Å². The Bertz CT molecular complexity index is 805. The van der Waals surface area contributed by atoms with Gasteiger partial charge in [0.1, 0.15) is 11.6 Å². The summed E-state index contributed by atoms with van der Waals surface area (Å²) in [7, 11) is 3.09. The molecule has 1 N–H and O–H groups in total. The van der Waals surface area contributed by atoms with Crippen molar-refractivity contribution in [1.29, 1.82) is 5.26 Å². The van der Waals surface area contributed by atoms with Gasteiger partial charge in [0.05, 0.1) is 14.2 Å². The summed E-state index contributed by atoms with van der Waals surface area (Å²) in [5.41, 5.74) is 2.22. The molecule has 5 nitrogen and oxygen atoms in total. The van der Waals surface area contributed by atoms with Gasteiger partial charge in [-0.3, -0.25) is 4.79 Å². The van der Waals surface area contributed by atoms with E-state index in [9.17, 15) is 10.1 Å². The summed E-state index contributed by atoms with van der Waals surface area (Å²) in [5, 5.41) is 12.0. The Morgan fingerprint density at radius 1 is 1.12 bits per heavy atom. The van der Waals surface area contributed by atoms with Crippen molar-refractivity contribution >= 4 is 17.7 Å². The third-order valence-electron chi connectivity index (χ3n) is 3.47. The Hall–Kier alpha value is -3.26. The summed E-state index contributed by atoms with van der Waals surface area (Å²) in [6.07, 6.45) is 1.54. The van der Waals surface area contributed by atoms with Crippen molar-refractivity contribution in [2.24, 2.45) is 0 Å². The van der Waals surface area contributed by atoms with E-state index >= 15 is 0 Å². The smallest absolute Gasteiger partial charge is 0.266 e. The van der Waals surface area contributed by atoms with Gasteiger partial charge in [0.2, 0.25) is 0 Å². The van der Waals surface area contributed by atoms with Crippen LogP contribution in [-0.4, -0.2) is 20.1 Å². The van der Waals surface area contributed by atoms with E-state index in [1.807, 2.05) is 31.2 Å². The number of aryl methyl sites for hydroxylation is 1. The van der Waals surface area contributed by atoms with Crippen molar-refractivity contribution in [3.8, 4) is 17.6 Å². The second-order valence-corrected chi connectivity index (χ2v) is 5.05. The molecule has 5 heteroatoms. The first-order valence-electron chi connectivity index (χ1n) is 7.30. The van der Waals surface area contributed by atoms with E-state index in [0.29, 0.717) is 22.7 Å². The number of hydrogen-bond acceptors (Lipinski definition) is 4. The van der Waals surface area contributed by atoms with E-state index in [2.05, 4.69) is 5.32 Å². The van der Waals surface area contributed by atoms with Gasteiger partial charge in [-0.1, -0.05) is 18.2 Å². The molecule has 0 saturated carbocycles. The monoisotopic (exact) mass is 322 g/mol. The van der Waals surface area contributed by atoms with Crippen molar-refractivity contribution in [3.05, 3.63) is 59.2 Å². The lowest BCUT2D eigenvalue weighted by Crippen LogP contribution is -2.13. The normalized spacial score (nSPS) is 10.7. The molecule has 0 spiro atoms. The average Bonchev–Trinajstić information content (AvgIpc) is 2.61. The fourth-order valence-electron chi connectivity index (χ4n) is 2.18. The minimum absolute atomic E-state index is 0.00849. The van der Waals surface area contributed by atoms with Gasteiger partial charge in [-0.25, -0.2) is 0 Å². The highest BCUT2D eigenvalue weighted by atomic mass is 16.5. The molecular formula is C19H18N2O3. The minimum Gasteiger partial charge on any atom is -0.493 e. The summed E-state index contributed by atoms with van der Waals surface area (Å²) >= 11 is 0. The van der Waals surface area contributed by atoms with Gasteiger partial charge in [-0.15, -0.1) is 0 Å². The highest BCUT2D eigenvalue weighted by Crippen LogP contribution is 2.31. The molecule has 0 heterocycles. The quantitative estimate of drug-likeness (QED) is 0.675. The number of carbonyl (C=O) groups excluding carboxylic acids is 1.